The second kappa shape index (κ2) is 5.20. The summed E-state index contributed by atoms with van der Waals surface area (Å²) >= 11 is 1.49. The number of aromatic nitrogens is 3. The summed E-state index contributed by atoms with van der Waals surface area (Å²) in [6, 6.07) is 1.56. The van der Waals surface area contributed by atoms with Gasteiger partial charge in [0.1, 0.15) is 17.7 Å². The van der Waals surface area contributed by atoms with Crippen LogP contribution in [0.4, 0.5) is 4.79 Å². The van der Waals surface area contributed by atoms with Gasteiger partial charge in [-0.1, -0.05) is 0 Å². The van der Waals surface area contributed by atoms with Crippen LogP contribution in [0.3, 0.4) is 0 Å². The highest BCUT2D eigenvalue weighted by molar-refractivity contribution is 7.08. The molecule has 1 N–H and O–H groups in total. The molecule has 1 saturated heterocycles. The molecule has 116 valence electrons. The first-order valence-corrected chi connectivity index (χ1v) is 7.93. The van der Waals surface area contributed by atoms with Gasteiger partial charge in [-0.05, 0) is 43.2 Å². The molecule has 0 saturated carbocycles. The Kier molecular flexibility index (Phi) is 3.48. The fourth-order valence-electron chi connectivity index (χ4n) is 2.55. The van der Waals surface area contributed by atoms with E-state index in [2.05, 4.69) is 15.4 Å². The van der Waals surface area contributed by atoms with Crippen molar-refractivity contribution in [3.05, 3.63) is 34.5 Å². The van der Waals surface area contributed by atoms with Crippen LogP contribution in [-0.4, -0.2) is 31.6 Å². The molecule has 1 fully saturated rings. The summed E-state index contributed by atoms with van der Waals surface area (Å²) in [6.45, 7) is 5.78. The van der Waals surface area contributed by atoms with Gasteiger partial charge in [-0.15, -0.1) is 0 Å². The molecular formula is C14H17N5O2S. The number of carbonyl (C=O) groups is 2. The standard InChI is InChI=1S/C14H17N5O2S/c1-9(2)19-11(15-8-16-19)6-18-12(20)14(3,17-13(18)21)10-4-5-22-7-10/h4-5,7-9H,6H2,1-3H3,(H,17,21). The van der Waals surface area contributed by atoms with Gasteiger partial charge in [0.05, 0.1) is 6.54 Å². The molecule has 0 spiro atoms. The summed E-state index contributed by atoms with van der Waals surface area (Å²) in [7, 11) is 0. The highest BCUT2D eigenvalue weighted by Gasteiger charge is 2.49. The summed E-state index contributed by atoms with van der Waals surface area (Å²) in [4.78, 5) is 30.3. The lowest BCUT2D eigenvalue weighted by Gasteiger charge is -2.20. The topological polar surface area (TPSA) is 80.1 Å². The number of nitrogens with zero attached hydrogens (tertiary/aromatic N) is 4. The first-order chi connectivity index (χ1) is 10.4. The molecule has 0 radical (unpaired) electrons. The largest absolute Gasteiger partial charge is 0.325 e. The van der Waals surface area contributed by atoms with Crippen LogP contribution < -0.4 is 5.32 Å². The first-order valence-electron chi connectivity index (χ1n) is 6.98. The lowest BCUT2D eigenvalue weighted by Crippen LogP contribution is -2.40. The number of hydrogen-bond acceptors (Lipinski definition) is 5. The molecule has 0 aliphatic carbocycles. The van der Waals surface area contributed by atoms with Gasteiger partial charge in [-0.2, -0.15) is 16.4 Å². The van der Waals surface area contributed by atoms with Crippen LogP contribution in [-0.2, 0) is 16.9 Å². The molecule has 0 aromatic carbocycles. The number of amides is 3. The van der Waals surface area contributed by atoms with Gasteiger partial charge < -0.3 is 5.32 Å². The molecule has 1 unspecified atom stereocenters. The minimum atomic E-state index is -1.01. The van der Waals surface area contributed by atoms with Crippen molar-refractivity contribution in [3.8, 4) is 0 Å². The van der Waals surface area contributed by atoms with E-state index < -0.39 is 11.6 Å². The molecule has 3 heterocycles. The van der Waals surface area contributed by atoms with Crippen molar-refractivity contribution in [2.75, 3.05) is 0 Å². The fraction of sp³-hybridized carbons (Fsp3) is 0.429. The van der Waals surface area contributed by atoms with E-state index in [-0.39, 0.29) is 18.5 Å². The van der Waals surface area contributed by atoms with Crippen LogP contribution in [0.5, 0.6) is 0 Å². The average molecular weight is 319 g/mol. The molecule has 0 bridgehead atoms. The Morgan fingerprint density at radius 3 is 2.82 bits per heavy atom. The molecule has 1 aliphatic heterocycles. The maximum atomic E-state index is 12.7. The Labute approximate surface area is 132 Å². The summed E-state index contributed by atoms with van der Waals surface area (Å²) in [5, 5.41) is 10.7. The summed E-state index contributed by atoms with van der Waals surface area (Å²) in [5.74, 6) is 0.322. The number of thiophene rings is 1. The van der Waals surface area contributed by atoms with E-state index >= 15 is 0 Å². The van der Waals surface area contributed by atoms with Crippen LogP contribution in [0.1, 0.15) is 38.2 Å². The van der Waals surface area contributed by atoms with Gasteiger partial charge in [0.2, 0.25) is 0 Å². The highest BCUT2D eigenvalue weighted by Crippen LogP contribution is 2.30. The van der Waals surface area contributed by atoms with E-state index in [4.69, 9.17) is 0 Å². The van der Waals surface area contributed by atoms with Crippen LogP contribution in [0.15, 0.2) is 23.2 Å². The average Bonchev–Trinajstić information content (AvgIpc) is 3.17. The molecule has 2 aromatic rings. The van der Waals surface area contributed by atoms with Crippen LogP contribution in [0.25, 0.3) is 0 Å². The zero-order chi connectivity index (χ0) is 15.9. The molecule has 1 aliphatic rings. The van der Waals surface area contributed by atoms with Gasteiger partial charge in [-0.3, -0.25) is 9.69 Å². The van der Waals surface area contributed by atoms with Crippen molar-refractivity contribution in [1.29, 1.82) is 0 Å². The van der Waals surface area contributed by atoms with E-state index in [9.17, 15) is 9.59 Å². The molecule has 2 aromatic heterocycles. The maximum absolute atomic E-state index is 12.7. The van der Waals surface area contributed by atoms with E-state index in [0.29, 0.717) is 5.82 Å². The second-order valence-corrected chi connectivity index (χ2v) is 6.45. The number of urea groups is 1. The van der Waals surface area contributed by atoms with Gasteiger partial charge >= 0.3 is 6.03 Å². The minimum absolute atomic E-state index is 0.113. The SMILES string of the molecule is CC(C)n1ncnc1CN1C(=O)NC(C)(c2ccsc2)C1=O. The number of nitrogens with one attached hydrogen (secondary N) is 1. The van der Waals surface area contributed by atoms with Crippen molar-refractivity contribution >= 4 is 23.3 Å². The van der Waals surface area contributed by atoms with E-state index in [1.807, 2.05) is 30.7 Å². The van der Waals surface area contributed by atoms with Crippen LogP contribution in [0, 0.1) is 0 Å². The second-order valence-electron chi connectivity index (χ2n) is 5.67. The zero-order valence-corrected chi connectivity index (χ0v) is 13.4. The van der Waals surface area contributed by atoms with Gasteiger partial charge in [0, 0.05) is 6.04 Å². The van der Waals surface area contributed by atoms with Crippen molar-refractivity contribution in [2.24, 2.45) is 0 Å². The normalized spacial score (nSPS) is 21.7. The van der Waals surface area contributed by atoms with Crippen LogP contribution in [0.2, 0.25) is 0 Å². The highest BCUT2D eigenvalue weighted by atomic mass is 32.1. The van der Waals surface area contributed by atoms with Crippen molar-refractivity contribution in [3.63, 3.8) is 0 Å². The summed E-state index contributed by atoms with van der Waals surface area (Å²) in [5.41, 5.74) is -0.219. The van der Waals surface area contributed by atoms with Crippen molar-refractivity contribution < 1.29 is 9.59 Å². The number of hydrogen-bond donors (Lipinski definition) is 1. The van der Waals surface area contributed by atoms with E-state index in [0.717, 1.165) is 5.56 Å². The number of carbonyl (C=O) groups excluding carboxylic acids is 2. The zero-order valence-electron chi connectivity index (χ0n) is 12.6. The van der Waals surface area contributed by atoms with Crippen LogP contribution >= 0.6 is 11.3 Å². The molecule has 22 heavy (non-hydrogen) atoms. The van der Waals surface area contributed by atoms with Gasteiger partial charge in [-0.25, -0.2) is 14.5 Å². The third-order valence-electron chi connectivity index (χ3n) is 3.81. The lowest BCUT2D eigenvalue weighted by molar-refractivity contribution is -0.131. The molecule has 7 nitrogen and oxygen atoms in total. The van der Waals surface area contributed by atoms with E-state index in [1.54, 1.807) is 11.6 Å². The smallest absolute Gasteiger partial charge is 0.319 e. The molecule has 1 atom stereocenters. The number of imide groups is 1. The van der Waals surface area contributed by atoms with E-state index in [1.165, 1.54) is 22.6 Å². The monoisotopic (exact) mass is 319 g/mol. The number of rotatable bonds is 4. The third kappa shape index (κ3) is 2.19. The van der Waals surface area contributed by atoms with Gasteiger partial charge in [0.25, 0.3) is 5.91 Å². The molecule has 3 rings (SSSR count). The quantitative estimate of drug-likeness (QED) is 0.873. The summed E-state index contributed by atoms with van der Waals surface area (Å²) < 4.78 is 1.71. The molecule has 8 heteroatoms. The maximum Gasteiger partial charge on any atom is 0.325 e. The Morgan fingerprint density at radius 2 is 2.18 bits per heavy atom. The summed E-state index contributed by atoms with van der Waals surface area (Å²) in [6.07, 6.45) is 1.44. The Balaban J connectivity index is 1.88. The van der Waals surface area contributed by atoms with Gasteiger partial charge in [0.15, 0.2) is 0 Å². The Bertz CT molecular complexity index is 709. The van der Waals surface area contributed by atoms with Crippen molar-refractivity contribution in [1.82, 2.24) is 25.0 Å². The third-order valence-corrected chi connectivity index (χ3v) is 4.49. The fourth-order valence-corrected chi connectivity index (χ4v) is 3.31. The predicted molar refractivity (Wildman–Crippen MR) is 81.2 cm³/mol. The van der Waals surface area contributed by atoms with Crippen molar-refractivity contribution in [2.45, 2.75) is 38.9 Å². The minimum Gasteiger partial charge on any atom is -0.319 e. The molecule has 3 amide bonds. The first kappa shape index (κ1) is 14.7. The molecular weight excluding hydrogens is 302 g/mol. The Hall–Kier alpha value is -2.22. The predicted octanol–water partition coefficient (Wildman–Crippen LogP) is 1.89. The Morgan fingerprint density at radius 1 is 1.41 bits per heavy atom. The lowest BCUT2D eigenvalue weighted by atomic mass is 9.95.